The fourth-order valence-electron chi connectivity index (χ4n) is 3.18. The third-order valence-electron chi connectivity index (χ3n) is 4.88. The SMILES string of the molecule is CC(C)(C)c1ccc(OCCOC[C@@H](O)CN2CCN(CCO)CC2)cc1. The summed E-state index contributed by atoms with van der Waals surface area (Å²) in [5.41, 5.74) is 1.43. The summed E-state index contributed by atoms with van der Waals surface area (Å²) in [6, 6.07) is 8.18. The molecule has 0 aromatic heterocycles. The Labute approximate surface area is 163 Å². The van der Waals surface area contributed by atoms with Gasteiger partial charge in [-0.3, -0.25) is 9.80 Å². The lowest BCUT2D eigenvalue weighted by molar-refractivity contribution is -0.000764. The third kappa shape index (κ3) is 8.15. The Morgan fingerprint density at radius 3 is 2.22 bits per heavy atom. The van der Waals surface area contributed by atoms with Crippen molar-refractivity contribution in [2.75, 3.05) is 65.7 Å². The molecule has 0 radical (unpaired) electrons. The Morgan fingerprint density at radius 1 is 1.00 bits per heavy atom. The smallest absolute Gasteiger partial charge is 0.119 e. The molecule has 0 unspecified atom stereocenters. The number of rotatable bonds is 10. The number of β-amino-alcohol motifs (C(OH)–C–C–N with tert-alkyl or cyclic N) is 2. The van der Waals surface area contributed by atoms with Crippen LogP contribution in [0.5, 0.6) is 5.75 Å². The van der Waals surface area contributed by atoms with Crippen LogP contribution in [-0.4, -0.2) is 91.8 Å². The molecule has 1 aliphatic heterocycles. The molecule has 1 saturated heterocycles. The van der Waals surface area contributed by atoms with Crippen LogP contribution >= 0.6 is 0 Å². The highest BCUT2D eigenvalue weighted by Gasteiger charge is 2.18. The lowest BCUT2D eigenvalue weighted by Crippen LogP contribution is -2.49. The van der Waals surface area contributed by atoms with Gasteiger partial charge >= 0.3 is 0 Å². The van der Waals surface area contributed by atoms with E-state index in [1.807, 2.05) is 12.1 Å². The number of aliphatic hydroxyl groups excluding tert-OH is 2. The van der Waals surface area contributed by atoms with Crippen molar-refractivity contribution in [3.05, 3.63) is 29.8 Å². The Morgan fingerprint density at radius 2 is 1.63 bits per heavy atom. The van der Waals surface area contributed by atoms with E-state index in [-0.39, 0.29) is 12.0 Å². The summed E-state index contributed by atoms with van der Waals surface area (Å²) in [6.45, 7) is 13.1. The number of nitrogens with zero attached hydrogens (tertiary/aromatic N) is 2. The molecule has 27 heavy (non-hydrogen) atoms. The molecule has 2 N–H and O–H groups in total. The zero-order valence-electron chi connectivity index (χ0n) is 17.1. The minimum absolute atomic E-state index is 0.142. The fourth-order valence-corrected chi connectivity index (χ4v) is 3.18. The van der Waals surface area contributed by atoms with Crippen molar-refractivity contribution in [1.82, 2.24) is 9.80 Å². The van der Waals surface area contributed by atoms with E-state index >= 15 is 0 Å². The van der Waals surface area contributed by atoms with Crippen molar-refractivity contribution >= 4 is 0 Å². The fraction of sp³-hybridized carbons (Fsp3) is 0.714. The number of hydrogen-bond donors (Lipinski definition) is 2. The van der Waals surface area contributed by atoms with Crippen LogP contribution in [0.1, 0.15) is 26.3 Å². The summed E-state index contributed by atoms with van der Waals surface area (Å²) in [6.07, 6.45) is -0.486. The van der Waals surface area contributed by atoms with Gasteiger partial charge in [0.2, 0.25) is 0 Å². The van der Waals surface area contributed by atoms with E-state index in [2.05, 4.69) is 42.7 Å². The molecular formula is C21H36N2O4. The van der Waals surface area contributed by atoms with Gasteiger partial charge in [0, 0.05) is 39.3 Å². The summed E-state index contributed by atoms with van der Waals surface area (Å²) in [4.78, 5) is 4.49. The standard InChI is InChI=1S/C21H36N2O4/c1-21(2,3)18-4-6-20(7-5-18)27-15-14-26-17-19(25)16-23-10-8-22(9-11-23)12-13-24/h4-7,19,24-25H,8-17H2,1-3H3/t19-/m0/s1. The van der Waals surface area contributed by atoms with Gasteiger partial charge in [-0.15, -0.1) is 0 Å². The molecule has 1 aromatic rings. The average molecular weight is 381 g/mol. The van der Waals surface area contributed by atoms with Gasteiger partial charge in [-0.1, -0.05) is 32.9 Å². The summed E-state index contributed by atoms with van der Waals surface area (Å²) < 4.78 is 11.2. The largest absolute Gasteiger partial charge is 0.491 e. The van der Waals surface area contributed by atoms with E-state index < -0.39 is 6.10 Å². The molecule has 0 saturated carbocycles. The Balaban J connectivity index is 1.55. The van der Waals surface area contributed by atoms with E-state index in [1.165, 1.54) is 5.56 Å². The zero-order valence-corrected chi connectivity index (χ0v) is 17.1. The minimum Gasteiger partial charge on any atom is -0.491 e. The summed E-state index contributed by atoms with van der Waals surface area (Å²) in [5, 5.41) is 19.1. The Kier molecular flexibility index (Phi) is 8.99. The maximum atomic E-state index is 10.1. The maximum absolute atomic E-state index is 10.1. The third-order valence-corrected chi connectivity index (χ3v) is 4.88. The van der Waals surface area contributed by atoms with Gasteiger partial charge in [0.1, 0.15) is 12.4 Å². The van der Waals surface area contributed by atoms with Crippen LogP contribution in [0, 0.1) is 0 Å². The monoisotopic (exact) mass is 380 g/mol. The first-order valence-corrected chi connectivity index (χ1v) is 9.93. The zero-order chi connectivity index (χ0) is 19.7. The summed E-state index contributed by atoms with van der Waals surface area (Å²) >= 11 is 0. The molecular weight excluding hydrogens is 344 g/mol. The van der Waals surface area contributed by atoms with Crippen molar-refractivity contribution in [3.8, 4) is 5.75 Å². The van der Waals surface area contributed by atoms with Crippen LogP contribution in [0.4, 0.5) is 0 Å². The van der Waals surface area contributed by atoms with Gasteiger partial charge in [0.15, 0.2) is 0 Å². The van der Waals surface area contributed by atoms with Crippen molar-refractivity contribution in [3.63, 3.8) is 0 Å². The van der Waals surface area contributed by atoms with E-state index in [0.717, 1.165) is 38.5 Å². The highest BCUT2D eigenvalue weighted by atomic mass is 16.5. The molecule has 0 bridgehead atoms. The molecule has 6 heteroatoms. The van der Waals surface area contributed by atoms with Crippen molar-refractivity contribution in [1.29, 1.82) is 0 Å². The minimum atomic E-state index is -0.486. The topological polar surface area (TPSA) is 65.4 Å². The van der Waals surface area contributed by atoms with Crippen molar-refractivity contribution in [2.45, 2.75) is 32.3 Å². The Bertz CT molecular complexity index is 522. The lowest BCUT2D eigenvalue weighted by Gasteiger charge is -2.35. The molecule has 0 amide bonds. The van der Waals surface area contributed by atoms with Crippen LogP contribution in [0.3, 0.4) is 0 Å². The van der Waals surface area contributed by atoms with E-state index in [9.17, 15) is 5.11 Å². The van der Waals surface area contributed by atoms with Crippen LogP contribution in [0.2, 0.25) is 0 Å². The molecule has 0 spiro atoms. The lowest BCUT2D eigenvalue weighted by atomic mass is 9.87. The van der Waals surface area contributed by atoms with E-state index in [1.54, 1.807) is 0 Å². The number of benzene rings is 1. The molecule has 1 aromatic carbocycles. The molecule has 0 aliphatic carbocycles. The maximum Gasteiger partial charge on any atom is 0.119 e. The van der Waals surface area contributed by atoms with Gasteiger partial charge in [-0.2, -0.15) is 0 Å². The van der Waals surface area contributed by atoms with Gasteiger partial charge < -0.3 is 19.7 Å². The number of ether oxygens (including phenoxy) is 2. The van der Waals surface area contributed by atoms with Crippen LogP contribution in [0.25, 0.3) is 0 Å². The predicted octanol–water partition coefficient (Wildman–Crippen LogP) is 1.35. The molecule has 154 valence electrons. The van der Waals surface area contributed by atoms with Crippen LogP contribution < -0.4 is 4.74 Å². The molecule has 2 rings (SSSR count). The Hall–Kier alpha value is -1.18. The van der Waals surface area contributed by atoms with Gasteiger partial charge in [0.05, 0.1) is 25.9 Å². The quantitative estimate of drug-likeness (QED) is 0.598. The molecule has 6 nitrogen and oxygen atoms in total. The van der Waals surface area contributed by atoms with Gasteiger partial charge in [-0.05, 0) is 23.1 Å². The second-order valence-corrected chi connectivity index (χ2v) is 8.22. The summed E-state index contributed by atoms with van der Waals surface area (Å²) in [7, 11) is 0. The van der Waals surface area contributed by atoms with Crippen molar-refractivity contribution in [2.24, 2.45) is 0 Å². The normalized spacial score (nSPS) is 17.8. The van der Waals surface area contributed by atoms with E-state index in [4.69, 9.17) is 14.6 Å². The van der Waals surface area contributed by atoms with Crippen LogP contribution in [0.15, 0.2) is 24.3 Å². The molecule has 1 fully saturated rings. The van der Waals surface area contributed by atoms with Gasteiger partial charge in [-0.25, -0.2) is 0 Å². The molecule has 1 aliphatic rings. The van der Waals surface area contributed by atoms with Gasteiger partial charge in [0.25, 0.3) is 0 Å². The number of hydrogen-bond acceptors (Lipinski definition) is 6. The highest BCUT2D eigenvalue weighted by Crippen LogP contribution is 2.24. The molecule has 1 atom stereocenters. The van der Waals surface area contributed by atoms with Crippen molar-refractivity contribution < 1.29 is 19.7 Å². The predicted molar refractivity (Wildman–Crippen MR) is 107 cm³/mol. The first-order valence-electron chi connectivity index (χ1n) is 9.93. The second-order valence-electron chi connectivity index (χ2n) is 8.22. The summed E-state index contributed by atoms with van der Waals surface area (Å²) in [5.74, 6) is 0.841. The van der Waals surface area contributed by atoms with Crippen LogP contribution in [-0.2, 0) is 10.2 Å². The first kappa shape index (κ1) is 22.1. The molecule has 1 heterocycles. The highest BCUT2D eigenvalue weighted by molar-refractivity contribution is 5.31. The number of piperazine rings is 1. The first-order chi connectivity index (χ1) is 12.9. The number of aliphatic hydroxyl groups is 2. The average Bonchev–Trinajstić information content (AvgIpc) is 2.63. The second kappa shape index (κ2) is 11.0. The van der Waals surface area contributed by atoms with E-state index in [0.29, 0.717) is 26.4 Å².